The second kappa shape index (κ2) is 5.50. The first-order chi connectivity index (χ1) is 11.3. The zero-order valence-electron chi connectivity index (χ0n) is 13.1. The molecule has 0 saturated heterocycles. The SMILES string of the molecule is Cc1cc(C2=C(c3cc(Cl)sc3C)C(F)(F)C(F)(F)C2(F)F)c(C)s1. The molecule has 2 aromatic rings. The fraction of sp³-hybridized carbons (Fsp3) is 0.375. The molecule has 0 spiro atoms. The van der Waals surface area contributed by atoms with Crippen LogP contribution in [0, 0.1) is 20.8 Å². The zero-order valence-corrected chi connectivity index (χ0v) is 15.5. The van der Waals surface area contributed by atoms with E-state index in [9.17, 15) is 26.3 Å². The minimum Gasteiger partial charge on any atom is -0.194 e. The third-order valence-electron chi connectivity index (χ3n) is 4.13. The lowest BCUT2D eigenvalue weighted by Crippen LogP contribution is -2.48. The second-order valence-corrected chi connectivity index (χ2v) is 9.17. The molecular formula is C16H11ClF6S2. The molecule has 25 heavy (non-hydrogen) atoms. The Bertz CT molecular complexity index is 820. The van der Waals surface area contributed by atoms with Crippen molar-refractivity contribution < 1.29 is 26.3 Å². The van der Waals surface area contributed by atoms with Crippen LogP contribution in [0.25, 0.3) is 11.1 Å². The Morgan fingerprint density at radius 3 is 1.56 bits per heavy atom. The molecule has 0 saturated carbocycles. The smallest absolute Gasteiger partial charge is 0.194 e. The van der Waals surface area contributed by atoms with Crippen LogP contribution in [0.5, 0.6) is 0 Å². The molecule has 1 aliphatic rings. The summed E-state index contributed by atoms with van der Waals surface area (Å²) in [5.41, 5.74) is -3.30. The molecule has 136 valence electrons. The molecule has 0 fully saturated rings. The summed E-state index contributed by atoms with van der Waals surface area (Å²) in [6, 6.07) is 2.28. The monoisotopic (exact) mass is 416 g/mol. The predicted molar refractivity (Wildman–Crippen MR) is 89.5 cm³/mol. The normalized spacial score (nSPS) is 21.2. The third kappa shape index (κ3) is 2.40. The second-order valence-electron chi connectivity index (χ2n) is 5.82. The average Bonchev–Trinajstić information content (AvgIpc) is 2.98. The lowest BCUT2D eigenvalue weighted by atomic mass is 9.95. The number of rotatable bonds is 2. The number of halogens is 7. The Balaban J connectivity index is 2.46. The summed E-state index contributed by atoms with van der Waals surface area (Å²) < 4.78 is 86.3. The summed E-state index contributed by atoms with van der Waals surface area (Å²) in [6.45, 7) is 4.42. The summed E-state index contributed by atoms with van der Waals surface area (Å²) in [5.74, 6) is -15.6. The molecule has 0 nitrogen and oxygen atoms in total. The van der Waals surface area contributed by atoms with Crippen LogP contribution < -0.4 is 0 Å². The maximum Gasteiger partial charge on any atom is 0.380 e. The number of allylic oxidation sites excluding steroid dienone is 2. The van der Waals surface area contributed by atoms with Crippen LogP contribution in [-0.2, 0) is 0 Å². The van der Waals surface area contributed by atoms with E-state index in [0.717, 1.165) is 28.7 Å². The lowest BCUT2D eigenvalue weighted by molar-refractivity contribution is -0.254. The number of aryl methyl sites for hydroxylation is 3. The van der Waals surface area contributed by atoms with Crippen LogP contribution in [0.4, 0.5) is 26.3 Å². The number of alkyl halides is 6. The summed E-state index contributed by atoms with van der Waals surface area (Å²) >= 11 is 7.74. The Labute approximate surface area is 152 Å². The van der Waals surface area contributed by atoms with E-state index < -0.39 is 28.9 Å². The minimum atomic E-state index is -5.53. The van der Waals surface area contributed by atoms with Crippen molar-refractivity contribution in [2.75, 3.05) is 0 Å². The molecule has 9 heteroatoms. The molecular weight excluding hydrogens is 406 g/mol. The van der Waals surface area contributed by atoms with Gasteiger partial charge in [-0.3, -0.25) is 0 Å². The molecule has 0 radical (unpaired) electrons. The van der Waals surface area contributed by atoms with Crippen molar-refractivity contribution in [3.8, 4) is 0 Å². The van der Waals surface area contributed by atoms with Crippen molar-refractivity contribution in [1.82, 2.24) is 0 Å². The van der Waals surface area contributed by atoms with Crippen LogP contribution >= 0.6 is 34.3 Å². The van der Waals surface area contributed by atoms with Crippen LogP contribution in [-0.4, -0.2) is 17.8 Å². The quantitative estimate of drug-likeness (QED) is 0.453. The van der Waals surface area contributed by atoms with E-state index >= 15 is 0 Å². The molecule has 0 bridgehead atoms. The van der Waals surface area contributed by atoms with Gasteiger partial charge in [0.25, 0.3) is 0 Å². The van der Waals surface area contributed by atoms with Gasteiger partial charge in [0.2, 0.25) is 0 Å². The van der Waals surface area contributed by atoms with Crippen molar-refractivity contribution in [2.45, 2.75) is 38.5 Å². The minimum absolute atomic E-state index is 0.0619. The molecule has 1 aliphatic carbocycles. The summed E-state index contributed by atoms with van der Waals surface area (Å²) in [6.07, 6.45) is 0. The van der Waals surface area contributed by atoms with Gasteiger partial charge >= 0.3 is 17.8 Å². The highest BCUT2D eigenvalue weighted by atomic mass is 35.5. The lowest BCUT2D eigenvalue weighted by Gasteiger charge is -2.25. The van der Waals surface area contributed by atoms with Crippen molar-refractivity contribution in [1.29, 1.82) is 0 Å². The van der Waals surface area contributed by atoms with E-state index in [1.54, 1.807) is 6.92 Å². The van der Waals surface area contributed by atoms with Gasteiger partial charge in [0.1, 0.15) is 0 Å². The maximum atomic E-state index is 14.5. The van der Waals surface area contributed by atoms with E-state index in [2.05, 4.69) is 0 Å². The summed E-state index contributed by atoms with van der Waals surface area (Å²) in [4.78, 5) is 1.01. The fourth-order valence-electron chi connectivity index (χ4n) is 3.01. The molecule has 0 aromatic carbocycles. The molecule has 2 heterocycles. The van der Waals surface area contributed by atoms with Crippen LogP contribution in [0.3, 0.4) is 0 Å². The molecule has 0 N–H and O–H groups in total. The highest BCUT2D eigenvalue weighted by Crippen LogP contribution is 2.65. The number of hydrogen-bond donors (Lipinski definition) is 0. The van der Waals surface area contributed by atoms with Gasteiger partial charge in [-0.2, -0.15) is 26.3 Å². The van der Waals surface area contributed by atoms with Gasteiger partial charge < -0.3 is 0 Å². The predicted octanol–water partition coefficient (Wildman–Crippen LogP) is 7.22. The van der Waals surface area contributed by atoms with Crippen molar-refractivity contribution in [3.05, 3.63) is 42.2 Å². The average molecular weight is 417 g/mol. The highest BCUT2D eigenvalue weighted by Gasteiger charge is 2.80. The van der Waals surface area contributed by atoms with Crippen molar-refractivity contribution in [2.24, 2.45) is 0 Å². The van der Waals surface area contributed by atoms with E-state index in [1.807, 2.05) is 0 Å². The largest absolute Gasteiger partial charge is 0.380 e. The number of hydrogen-bond acceptors (Lipinski definition) is 2. The van der Waals surface area contributed by atoms with Crippen LogP contribution in [0.2, 0.25) is 4.34 Å². The van der Waals surface area contributed by atoms with Gasteiger partial charge in [-0.05, 0) is 44.0 Å². The van der Waals surface area contributed by atoms with Gasteiger partial charge in [0.15, 0.2) is 0 Å². The Morgan fingerprint density at radius 2 is 1.20 bits per heavy atom. The Morgan fingerprint density at radius 1 is 0.760 bits per heavy atom. The highest BCUT2D eigenvalue weighted by molar-refractivity contribution is 7.16. The molecule has 0 aliphatic heterocycles. The summed E-state index contributed by atoms with van der Waals surface area (Å²) in [5, 5.41) is 0. The third-order valence-corrected chi connectivity index (χ3v) is 6.28. The molecule has 0 amide bonds. The van der Waals surface area contributed by atoms with Gasteiger partial charge in [0, 0.05) is 25.8 Å². The molecule has 2 aromatic heterocycles. The first kappa shape index (κ1) is 18.8. The zero-order chi connectivity index (χ0) is 18.9. The van der Waals surface area contributed by atoms with Crippen LogP contribution in [0.1, 0.15) is 25.8 Å². The van der Waals surface area contributed by atoms with Crippen molar-refractivity contribution >= 4 is 45.4 Å². The van der Waals surface area contributed by atoms with E-state index in [4.69, 9.17) is 11.6 Å². The van der Waals surface area contributed by atoms with E-state index in [-0.39, 0.29) is 25.2 Å². The van der Waals surface area contributed by atoms with Crippen LogP contribution in [0.15, 0.2) is 12.1 Å². The van der Waals surface area contributed by atoms with Gasteiger partial charge in [-0.15, -0.1) is 22.7 Å². The first-order valence-corrected chi connectivity index (χ1v) is 9.06. The van der Waals surface area contributed by atoms with Gasteiger partial charge in [0.05, 0.1) is 4.34 Å². The topological polar surface area (TPSA) is 0 Å². The Kier molecular flexibility index (Phi) is 4.14. The van der Waals surface area contributed by atoms with Gasteiger partial charge in [-0.25, -0.2) is 0 Å². The fourth-order valence-corrected chi connectivity index (χ4v) is 5.13. The molecule has 3 rings (SSSR count). The van der Waals surface area contributed by atoms with E-state index in [1.165, 1.54) is 19.9 Å². The molecule has 0 unspecified atom stereocenters. The van der Waals surface area contributed by atoms with Gasteiger partial charge in [-0.1, -0.05) is 11.6 Å². The first-order valence-electron chi connectivity index (χ1n) is 7.04. The van der Waals surface area contributed by atoms with E-state index in [0.29, 0.717) is 4.88 Å². The number of thiophene rings is 2. The molecule has 0 atom stereocenters. The summed E-state index contributed by atoms with van der Waals surface area (Å²) in [7, 11) is 0. The Hall–Kier alpha value is -0.990. The van der Waals surface area contributed by atoms with Crippen molar-refractivity contribution in [3.63, 3.8) is 0 Å². The maximum absolute atomic E-state index is 14.5. The standard InChI is InChI=1S/C16H11ClF6S2/c1-6-4-9(7(2)24-6)12-13(10-5-11(17)25-8(10)3)15(20,21)16(22,23)14(12,18)19/h4-5H,1-3H3.